The number of amides is 3. The molecule has 43 heavy (non-hydrogen) atoms. The Bertz CT molecular complexity index is 1450. The molecule has 1 N–H and O–H groups in total. The smallest absolute Gasteiger partial charge is 0.251 e. The van der Waals surface area contributed by atoms with Crippen molar-refractivity contribution in [3.63, 3.8) is 0 Å². The third kappa shape index (κ3) is 4.92. The highest BCUT2D eigenvalue weighted by molar-refractivity contribution is 8.02. The van der Waals surface area contributed by atoms with E-state index in [0.717, 1.165) is 28.8 Å². The molecule has 2 fully saturated rings. The van der Waals surface area contributed by atoms with Crippen LogP contribution in [0.4, 0.5) is 5.69 Å². The van der Waals surface area contributed by atoms with E-state index < -0.39 is 27.4 Å². The number of carbonyl (C=O) groups excluding carboxylic acids is 3. The van der Waals surface area contributed by atoms with Gasteiger partial charge in [0, 0.05) is 43.2 Å². The van der Waals surface area contributed by atoms with Gasteiger partial charge in [0.05, 0.1) is 16.6 Å². The molecule has 4 aliphatic heterocycles. The molecule has 8 heteroatoms. The van der Waals surface area contributed by atoms with Crippen molar-refractivity contribution in [2.24, 2.45) is 11.8 Å². The van der Waals surface area contributed by atoms with E-state index in [0.29, 0.717) is 39.0 Å². The summed E-state index contributed by atoms with van der Waals surface area (Å²) in [5.41, 5.74) is 3.96. The van der Waals surface area contributed by atoms with Gasteiger partial charge in [0.1, 0.15) is 6.04 Å². The molecule has 1 spiro atoms. The number of likely N-dealkylation sites (tertiary alicyclic amines) is 1. The average molecular weight is 600 g/mol. The predicted molar refractivity (Wildman–Crippen MR) is 171 cm³/mol. The maximum Gasteiger partial charge on any atom is 0.251 e. The molecule has 2 aromatic carbocycles. The van der Waals surface area contributed by atoms with Crippen LogP contribution >= 0.6 is 11.8 Å². The Morgan fingerprint density at radius 1 is 0.837 bits per heavy atom. The van der Waals surface area contributed by atoms with Gasteiger partial charge in [-0.1, -0.05) is 72.8 Å². The third-order valence-electron chi connectivity index (χ3n) is 9.62. The van der Waals surface area contributed by atoms with Crippen LogP contribution in [0.2, 0.25) is 0 Å². The number of nitrogens with zero attached hydrogens (tertiary/aromatic N) is 3. The van der Waals surface area contributed by atoms with E-state index in [9.17, 15) is 19.5 Å². The van der Waals surface area contributed by atoms with Crippen LogP contribution < -0.4 is 4.90 Å². The zero-order valence-corrected chi connectivity index (χ0v) is 26.1. The second kappa shape index (κ2) is 11.6. The topological polar surface area (TPSA) is 81.2 Å². The van der Waals surface area contributed by atoms with Crippen LogP contribution in [-0.4, -0.2) is 74.4 Å². The van der Waals surface area contributed by atoms with E-state index in [2.05, 4.69) is 25.2 Å². The lowest BCUT2D eigenvalue weighted by molar-refractivity contribution is -0.144. The van der Waals surface area contributed by atoms with Crippen molar-refractivity contribution in [1.82, 2.24) is 9.80 Å². The Balaban J connectivity index is 1.42. The Kier molecular flexibility index (Phi) is 8.03. The summed E-state index contributed by atoms with van der Waals surface area (Å²) in [4.78, 5) is 49.4. The van der Waals surface area contributed by atoms with Crippen LogP contribution in [-0.2, 0) is 20.9 Å². The normalized spacial score (nSPS) is 29.9. The summed E-state index contributed by atoms with van der Waals surface area (Å²) in [7, 11) is 0. The lowest BCUT2D eigenvalue weighted by Gasteiger charge is -2.37. The number of para-hydroxylation sites is 1. The van der Waals surface area contributed by atoms with Crippen LogP contribution in [0.25, 0.3) is 0 Å². The van der Waals surface area contributed by atoms with Gasteiger partial charge in [-0.2, -0.15) is 0 Å². The minimum atomic E-state index is -0.869. The summed E-state index contributed by atoms with van der Waals surface area (Å²) in [5.74, 6) is -1.49. The largest absolute Gasteiger partial charge is 0.396 e. The molecule has 0 bridgehead atoms. The molecule has 6 rings (SSSR count). The van der Waals surface area contributed by atoms with Crippen molar-refractivity contribution in [3.05, 3.63) is 89.5 Å². The minimum Gasteiger partial charge on any atom is -0.396 e. The van der Waals surface area contributed by atoms with Crippen molar-refractivity contribution in [3.8, 4) is 0 Å². The second-order valence-corrected chi connectivity index (χ2v) is 14.3. The second-order valence-electron chi connectivity index (χ2n) is 12.5. The Morgan fingerprint density at radius 3 is 2.28 bits per heavy atom. The Morgan fingerprint density at radius 2 is 1.56 bits per heavy atom. The summed E-state index contributed by atoms with van der Waals surface area (Å²) >= 11 is 1.63. The molecule has 0 aromatic heterocycles. The number of anilines is 1. The van der Waals surface area contributed by atoms with E-state index in [1.807, 2.05) is 78.3 Å². The van der Waals surface area contributed by atoms with Gasteiger partial charge in [-0.05, 0) is 56.7 Å². The number of fused-ring (bicyclic) bond motifs is 2. The summed E-state index contributed by atoms with van der Waals surface area (Å²) < 4.78 is -1.51. The van der Waals surface area contributed by atoms with Crippen molar-refractivity contribution >= 4 is 35.2 Å². The van der Waals surface area contributed by atoms with Crippen LogP contribution in [0.5, 0.6) is 0 Å². The molecule has 226 valence electrons. The zero-order chi connectivity index (χ0) is 30.4. The molecule has 4 aliphatic rings. The van der Waals surface area contributed by atoms with Gasteiger partial charge >= 0.3 is 0 Å². The predicted octanol–water partition coefficient (Wildman–Crippen LogP) is 4.65. The summed E-state index contributed by atoms with van der Waals surface area (Å²) in [6.45, 7) is 7.99. The quantitative estimate of drug-likeness (QED) is 0.353. The molecule has 5 atom stereocenters. The van der Waals surface area contributed by atoms with E-state index >= 15 is 0 Å². The first kappa shape index (κ1) is 29.7. The van der Waals surface area contributed by atoms with Crippen molar-refractivity contribution in [2.45, 2.75) is 62.1 Å². The monoisotopic (exact) mass is 599 g/mol. The Hall–Kier alpha value is -3.36. The number of benzene rings is 2. The van der Waals surface area contributed by atoms with E-state index in [-0.39, 0.29) is 24.3 Å². The summed E-state index contributed by atoms with van der Waals surface area (Å²) in [5, 5.41) is 9.36. The number of aliphatic hydroxyl groups excluding tert-OH is 1. The molecule has 2 aromatic rings. The molecule has 0 radical (unpaired) electrons. The van der Waals surface area contributed by atoms with E-state index in [1.54, 1.807) is 16.7 Å². The van der Waals surface area contributed by atoms with Crippen LogP contribution in [0, 0.1) is 25.7 Å². The number of hydrogen-bond acceptors (Lipinski definition) is 5. The summed E-state index contributed by atoms with van der Waals surface area (Å²) in [6, 6.07) is 15.3. The molecule has 3 amide bonds. The maximum absolute atomic E-state index is 14.8. The lowest BCUT2D eigenvalue weighted by Crippen LogP contribution is -2.53. The van der Waals surface area contributed by atoms with Crippen LogP contribution in [0.3, 0.4) is 0 Å². The number of thioether (sulfide) groups is 1. The molecule has 0 aliphatic carbocycles. The molecule has 7 nitrogen and oxygen atoms in total. The zero-order valence-electron chi connectivity index (χ0n) is 25.2. The highest BCUT2D eigenvalue weighted by Crippen LogP contribution is 2.65. The van der Waals surface area contributed by atoms with E-state index in [4.69, 9.17) is 0 Å². The lowest BCUT2D eigenvalue weighted by atomic mass is 9.74. The number of unbranched alkanes of at least 4 members (excludes halogenated alkanes) is 2. The van der Waals surface area contributed by atoms with Crippen molar-refractivity contribution in [2.75, 3.05) is 31.1 Å². The fourth-order valence-electron chi connectivity index (χ4n) is 7.76. The minimum absolute atomic E-state index is 0.0309. The van der Waals surface area contributed by atoms with Crippen LogP contribution in [0.1, 0.15) is 42.9 Å². The van der Waals surface area contributed by atoms with Gasteiger partial charge in [-0.15, -0.1) is 11.8 Å². The van der Waals surface area contributed by atoms with Gasteiger partial charge < -0.3 is 19.8 Å². The number of rotatable bonds is 8. The van der Waals surface area contributed by atoms with Crippen LogP contribution in [0.15, 0.2) is 72.8 Å². The first-order valence-corrected chi connectivity index (χ1v) is 16.2. The van der Waals surface area contributed by atoms with Gasteiger partial charge in [0.15, 0.2) is 0 Å². The van der Waals surface area contributed by atoms with Gasteiger partial charge in [-0.3, -0.25) is 14.4 Å². The van der Waals surface area contributed by atoms with Gasteiger partial charge in [-0.25, -0.2) is 0 Å². The molecular formula is C35H41N3O4S. The molecule has 1 unspecified atom stereocenters. The molecule has 0 saturated carbocycles. The Labute approximate surface area is 258 Å². The maximum atomic E-state index is 14.8. The van der Waals surface area contributed by atoms with Gasteiger partial charge in [0.2, 0.25) is 11.8 Å². The average Bonchev–Trinajstić information content (AvgIpc) is 3.25. The fourth-order valence-corrected chi connectivity index (χ4v) is 9.92. The molecular weight excluding hydrogens is 558 g/mol. The highest BCUT2D eigenvalue weighted by atomic mass is 32.2. The third-order valence-corrected chi connectivity index (χ3v) is 11.4. The standard InChI is InChI=1S/C35H41N3O4S/c1-24-13-10-14-25(2)29(24)37-21-12-18-35-28(32(41)38(30(35)33(37)42)20-8-5-9-22-39)27-31(40)36(19-11-17-34(27,3)43-35)23-26-15-6-4-7-16-26/h4,6-7,10-18,27-28,30,39H,5,8-9,19-23H2,1-3H3/t27-,28+,30?,34+,35+/m1/s1. The number of hydrogen-bond donors (Lipinski definition) is 1. The van der Waals surface area contributed by atoms with Gasteiger partial charge in [0.25, 0.3) is 5.91 Å². The van der Waals surface area contributed by atoms with E-state index in [1.165, 1.54) is 0 Å². The number of carbonyl (C=O) groups is 3. The first-order chi connectivity index (χ1) is 20.7. The first-order valence-electron chi connectivity index (χ1n) is 15.4. The summed E-state index contributed by atoms with van der Waals surface area (Å²) in [6.07, 6.45) is 10.4. The molecule has 4 heterocycles. The fraction of sp³-hybridized carbons (Fsp3) is 0.457. The van der Waals surface area contributed by atoms with Crippen molar-refractivity contribution < 1.29 is 19.5 Å². The van der Waals surface area contributed by atoms with Crippen molar-refractivity contribution in [1.29, 1.82) is 0 Å². The number of aliphatic hydroxyl groups is 1. The molecule has 2 saturated heterocycles. The SMILES string of the molecule is Cc1cccc(C)c1N1CC=C[C@]23S[C@@]4(C)C=CCN(Cc5ccccc5)C(=O)[C@H]4[C@H]2C(=O)N(CCCCCO)C3C1=O. The number of aryl methyl sites for hydroxylation is 2. The highest BCUT2D eigenvalue weighted by Gasteiger charge is 2.73.